The Morgan fingerprint density at radius 1 is 0.929 bits per heavy atom. The zero-order valence-electron chi connectivity index (χ0n) is 16.0. The van der Waals surface area contributed by atoms with Crippen molar-refractivity contribution in [3.8, 4) is 0 Å². The molecule has 0 N–H and O–H groups in total. The summed E-state index contributed by atoms with van der Waals surface area (Å²) in [5, 5.41) is 1.06. The fraction of sp³-hybridized carbons (Fsp3) is 0.250. The maximum atomic E-state index is 6.05. The van der Waals surface area contributed by atoms with Gasteiger partial charge in [0.2, 0.25) is 0 Å². The van der Waals surface area contributed by atoms with Gasteiger partial charge in [-0.25, -0.2) is 9.97 Å². The van der Waals surface area contributed by atoms with Crippen molar-refractivity contribution in [2.75, 3.05) is 0 Å². The third-order valence-electron chi connectivity index (χ3n) is 5.75. The van der Waals surface area contributed by atoms with Gasteiger partial charge in [0.05, 0.1) is 5.03 Å². The van der Waals surface area contributed by atoms with E-state index in [1.54, 1.807) is 11.8 Å². The molecule has 140 valence electrons. The maximum absolute atomic E-state index is 6.05. The Hall–Kier alpha value is -2.59. The molecule has 0 spiro atoms. The van der Waals surface area contributed by atoms with Crippen LogP contribution in [0.25, 0.3) is 11.1 Å². The lowest BCUT2D eigenvalue weighted by atomic mass is 10.1. The Balaban J connectivity index is 1.33. The van der Waals surface area contributed by atoms with Crippen molar-refractivity contribution >= 4 is 22.9 Å². The zero-order chi connectivity index (χ0) is 19.1. The van der Waals surface area contributed by atoms with E-state index in [2.05, 4.69) is 50.2 Å². The van der Waals surface area contributed by atoms with E-state index in [-0.39, 0.29) is 5.41 Å². The minimum Gasteiger partial charge on any atom is -0.440 e. The molecule has 1 aliphatic rings. The average molecular weight is 387 g/mol. The number of fused-ring (bicyclic) bond motifs is 1. The van der Waals surface area contributed by atoms with Crippen molar-refractivity contribution in [2.45, 2.75) is 36.5 Å². The first-order chi connectivity index (χ1) is 13.6. The summed E-state index contributed by atoms with van der Waals surface area (Å²) in [7, 11) is 0. The van der Waals surface area contributed by atoms with Crippen LogP contribution in [0.1, 0.15) is 42.7 Å². The SMILES string of the molecule is CC1(C)[C@@H](c2ccc(SCc3ccccc3)nc2)[C@@H]1c1nc2ccccc2o1. The van der Waals surface area contributed by atoms with Crippen molar-refractivity contribution in [3.05, 3.63) is 89.9 Å². The van der Waals surface area contributed by atoms with Gasteiger partial charge >= 0.3 is 0 Å². The van der Waals surface area contributed by atoms with E-state index in [9.17, 15) is 0 Å². The van der Waals surface area contributed by atoms with Crippen LogP contribution in [-0.2, 0) is 5.75 Å². The number of rotatable bonds is 5. The second kappa shape index (κ2) is 6.78. The molecule has 0 saturated heterocycles. The molecule has 0 aliphatic heterocycles. The number of oxazole rings is 1. The topological polar surface area (TPSA) is 38.9 Å². The van der Waals surface area contributed by atoms with Crippen molar-refractivity contribution in [1.82, 2.24) is 9.97 Å². The number of hydrogen-bond donors (Lipinski definition) is 0. The number of para-hydroxylation sites is 2. The van der Waals surface area contributed by atoms with Crippen LogP contribution in [0.15, 0.2) is 82.4 Å². The van der Waals surface area contributed by atoms with E-state index in [1.165, 1.54) is 11.1 Å². The lowest BCUT2D eigenvalue weighted by Gasteiger charge is -2.05. The molecule has 0 bridgehead atoms. The van der Waals surface area contributed by atoms with Gasteiger partial charge < -0.3 is 4.42 Å². The third kappa shape index (κ3) is 3.12. The van der Waals surface area contributed by atoms with Crippen LogP contribution in [0.2, 0.25) is 0 Å². The Morgan fingerprint density at radius 3 is 2.46 bits per heavy atom. The Labute approximate surface area is 169 Å². The van der Waals surface area contributed by atoms with Gasteiger partial charge in [-0.1, -0.05) is 62.4 Å². The molecule has 1 aliphatic carbocycles. The third-order valence-corrected chi connectivity index (χ3v) is 6.77. The Morgan fingerprint density at radius 2 is 1.71 bits per heavy atom. The molecule has 2 aromatic carbocycles. The van der Waals surface area contributed by atoms with Gasteiger partial charge in [0.1, 0.15) is 5.52 Å². The van der Waals surface area contributed by atoms with Gasteiger partial charge in [-0.15, -0.1) is 11.8 Å². The first kappa shape index (κ1) is 17.5. The normalized spacial score (nSPS) is 20.4. The largest absolute Gasteiger partial charge is 0.440 e. The predicted octanol–water partition coefficient (Wildman–Crippen LogP) is 6.42. The number of thioether (sulfide) groups is 1. The van der Waals surface area contributed by atoms with E-state index in [1.807, 2.05) is 36.5 Å². The highest BCUT2D eigenvalue weighted by Gasteiger charge is 2.61. The van der Waals surface area contributed by atoms with Crippen LogP contribution in [0.3, 0.4) is 0 Å². The summed E-state index contributed by atoms with van der Waals surface area (Å²) in [6, 6.07) is 22.8. The van der Waals surface area contributed by atoms with E-state index >= 15 is 0 Å². The highest BCUT2D eigenvalue weighted by molar-refractivity contribution is 7.98. The molecule has 0 unspecified atom stereocenters. The fourth-order valence-corrected chi connectivity index (χ4v) is 4.93. The quantitative estimate of drug-likeness (QED) is 0.371. The molecular weight excluding hydrogens is 364 g/mol. The fourth-order valence-electron chi connectivity index (χ4n) is 4.14. The highest BCUT2D eigenvalue weighted by atomic mass is 32.2. The molecule has 0 radical (unpaired) electrons. The van der Waals surface area contributed by atoms with Gasteiger partial charge in [-0.3, -0.25) is 0 Å². The lowest BCUT2D eigenvalue weighted by molar-refractivity contribution is 0.493. The van der Waals surface area contributed by atoms with Crippen LogP contribution >= 0.6 is 11.8 Å². The predicted molar refractivity (Wildman–Crippen MR) is 114 cm³/mol. The lowest BCUT2D eigenvalue weighted by Crippen LogP contribution is -1.91. The summed E-state index contributed by atoms with van der Waals surface area (Å²) in [4.78, 5) is 9.44. The average Bonchev–Trinajstić information content (AvgIpc) is 3.08. The van der Waals surface area contributed by atoms with Crippen molar-refractivity contribution < 1.29 is 4.42 Å². The minimum absolute atomic E-state index is 0.126. The minimum atomic E-state index is 0.126. The van der Waals surface area contributed by atoms with Crippen molar-refractivity contribution in [3.63, 3.8) is 0 Å². The molecule has 4 aromatic rings. The number of benzene rings is 2. The van der Waals surface area contributed by atoms with Gasteiger partial charge in [-0.05, 0) is 34.7 Å². The first-order valence-corrected chi connectivity index (χ1v) is 10.6. The van der Waals surface area contributed by atoms with Gasteiger partial charge in [0.25, 0.3) is 0 Å². The number of hydrogen-bond acceptors (Lipinski definition) is 4. The maximum Gasteiger partial charge on any atom is 0.199 e. The Kier molecular flexibility index (Phi) is 4.24. The second-order valence-corrected chi connectivity index (χ2v) is 9.00. The number of nitrogens with zero attached hydrogens (tertiary/aromatic N) is 2. The van der Waals surface area contributed by atoms with Gasteiger partial charge in [0.15, 0.2) is 11.5 Å². The molecule has 1 saturated carbocycles. The molecular formula is C24H22N2OS. The summed E-state index contributed by atoms with van der Waals surface area (Å²) >= 11 is 1.77. The highest BCUT2D eigenvalue weighted by Crippen LogP contribution is 2.69. The van der Waals surface area contributed by atoms with Crippen LogP contribution in [-0.4, -0.2) is 9.97 Å². The monoisotopic (exact) mass is 386 g/mol. The smallest absolute Gasteiger partial charge is 0.199 e. The van der Waals surface area contributed by atoms with E-state index in [4.69, 9.17) is 14.4 Å². The second-order valence-electron chi connectivity index (χ2n) is 8.00. The van der Waals surface area contributed by atoms with Crippen LogP contribution in [0.4, 0.5) is 0 Å². The standard InChI is InChI=1S/C24H22N2OS/c1-24(2)21(22(24)23-26-18-10-6-7-11-19(18)27-23)17-12-13-20(25-14-17)28-15-16-8-4-3-5-9-16/h3-14,21-22H,15H2,1-2H3/t21-,22+/m0/s1. The van der Waals surface area contributed by atoms with E-state index in [0.717, 1.165) is 27.8 Å². The van der Waals surface area contributed by atoms with Gasteiger partial charge in [0, 0.05) is 23.8 Å². The van der Waals surface area contributed by atoms with Crippen LogP contribution in [0.5, 0.6) is 0 Å². The molecule has 0 amide bonds. The summed E-state index contributed by atoms with van der Waals surface area (Å²) in [5.41, 5.74) is 4.51. The molecule has 28 heavy (non-hydrogen) atoms. The van der Waals surface area contributed by atoms with Gasteiger partial charge in [-0.2, -0.15) is 0 Å². The van der Waals surface area contributed by atoms with E-state index in [0.29, 0.717) is 11.8 Å². The molecule has 2 atom stereocenters. The molecule has 3 nitrogen and oxygen atoms in total. The van der Waals surface area contributed by atoms with E-state index < -0.39 is 0 Å². The molecule has 2 aromatic heterocycles. The summed E-state index contributed by atoms with van der Waals surface area (Å²) in [6.45, 7) is 4.57. The summed E-state index contributed by atoms with van der Waals surface area (Å²) < 4.78 is 6.05. The molecule has 5 rings (SSSR count). The molecule has 2 heterocycles. The molecule has 4 heteroatoms. The Bertz CT molecular complexity index is 1070. The van der Waals surface area contributed by atoms with Crippen molar-refractivity contribution in [1.29, 1.82) is 0 Å². The molecule has 1 fully saturated rings. The number of pyridine rings is 1. The zero-order valence-corrected chi connectivity index (χ0v) is 16.8. The summed E-state index contributed by atoms with van der Waals surface area (Å²) in [5.74, 6) is 2.47. The van der Waals surface area contributed by atoms with Crippen molar-refractivity contribution in [2.24, 2.45) is 5.41 Å². The number of aromatic nitrogens is 2. The summed E-state index contributed by atoms with van der Waals surface area (Å²) in [6.07, 6.45) is 2.03. The van der Waals surface area contributed by atoms with Crippen LogP contribution < -0.4 is 0 Å². The first-order valence-electron chi connectivity index (χ1n) is 9.61. The van der Waals surface area contributed by atoms with Crippen LogP contribution in [0, 0.1) is 5.41 Å².